The number of hydrogen-bond acceptors (Lipinski definition) is 12. The van der Waals surface area contributed by atoms with E-state index < -0.39 is 36.6 Å². The summed E-state index contributed by atoms with van der Waals surface area (Å²) >= 11 is 0. The normalized spacial score (nSPS) is 13.6. The van der Waals surface area contributed by atoms with E-state index in [0.717, 1.165) is 32.1 Å². The fraction of sp³-hybridized carbons (Fsp3) is 0.667. The zero-order valence-electron chi connectivity index (χ0n) is 25.7. The molecule has 0 aliphatic rings. The Morgan fingerprint density at radius 1 is 0.738 bits per heavy atom. The van der Waals surface area contributed by atoms with Gasteiger partial charge in [0.15, 0.2) is 11.5 Å². The Labute approximate surface area is 248 Å². The molecule has 0 aliphatic heterocycles. The van der Waals surface area contributed by atoms with Gasteiger partial charge in [-0.2, -0.15) is 0 Å². The van der Waals surface area contributed by atoms with Gasteiger partial charge in [0.05, 0.1) is 19.8 Å². The second-order valence-corrected chi connectivity index (χ2v) is 10.3. The second kappa shape index (κ2) is 20.4. The van der Waals surface area contributed by atoms with Crippen molar-refractivity contribution in [2.75, 3.05) is 26.4 Å². The van der Waals surface area contributed by atoms with Gasteiger partial charge in [0, 0.05) is 0 Å². The summed E-state index contributed by atoms with van der Waals surface area (Å²) in [5, 5.41) is 0. The molecule has 2 unspecified atom stereocenters. The van der Waals surface area contributed by atoms with Crippen LogP contribution in [0.1, 0.15) is 79.2 Å². The minimum atomic E-state index is -1.09. The van der Waals surface area contributed by atoms with E-state index in [1.165, 1.54) is 12.1 Å². The van der Waals surface area contributed by atoms with Gasteiger partial charge in [0.2, 0.25) is 0 Å². The molecule has 0 amide bonds. The number of rotatable bonds is 18. The standard InChI is InChI=1S/C30H47NO11/c1-7-10-11-14-36-28(33)39-19-22(6)40-27(32)24(31)15-23-12-13-25(41-29(34)37-17-20(4)8-2)26(16-23)42-30(35)38-18-21(5)9-3/h12-13,16,20-22,24H,7-11,14-15,17-19,31H2,1-6H3/t20?,21?,22-,24-/m0/s1. The maximum atomic E-state index is 12.5. The molecule has 0 spiro atoms. The average molecular weight is 598 g/mol. The molecule has 0 saturated heterocycles. The third-order valence-electron chi connectivity index (χ3n) is 6.24. The van der Waals surface area contributed by atoms with Crippen molar-refractivity contribution in [3.8, 4) is 11.5 Å². The first kappa shape index (κ1) is 36.5. The summed E-state index contributed by atoms with van der Waals surface area (Å²) in [4.78, 5) is 48.7. The summed E-state index contributed by atoms with van der Waals surface area (Å²) in [6.45, 7) is 11.8. The van der Waals surface area contributed by atoms with E-state index >= 15 is 0 Å². The quantitative estimate of drug-likeness (QED) is 0.0917. The Morgan fingerprint density at radius 3 is 1.88 bits per heavy atom. The highest BCUT2D eigenvalue weighted by Gasteiger charge is 2.22. The van der Waals surface area contributed by atoms with Crippen LogP contribution in [0.2, 0.25) is 0 Å². The molecule has 12 heteroatoms. The molecule has 238 valence electrons. The number of carbonyl (C=O) groups excluding carboxylic acids is 4. The van der Waals surface area contributed by atoms with Crippen molar-refractivity contribution < 1.29 is 52.3 Å². The monoisotopic (exact) mass is 597 g/mol. The molecule has 4 atom stereocenters. The predicted octanol–water partition coefficient (Wildman–Crippen LogP) is 5.95. The maximum Gasteiger partial charge on any atom is 0.513 e. The van der Waals surface area contributed by atoms with Gasteiger partial charge in [-0.1, -0.05) is 66.4 Å². The van der Waals surface area contributed by atoms with Crippen LogP contribution in [0.3, 0.4) is 0 Å². The SMILES string of the molecule is CCCCCOC(=O)OC[C@H](C)OC(=O)[C@@H](N)Cc1ccc(OC(=O)OCC(C)CC)c(OC(=O)OCC(C)CC)c1. The number of unbranched alkanes of at least 4 members (excludes halogenated alkanes) is 2. The first-order valence-corrected chi connectivity index (χ1v) is 14.6. The molecule has 1 aromatic rings. The van der Waals surface area contributed by atoms with Gasteiger partial charge in [-0.15, -0.1) is 0 Å². The van der Waals surface area contributed by atoms with E-state index in [1.807, 2.05) is 34.6 Å². The number of nitrogens with two attached hydrogens (primary N) is 1. The molecule has 0 aromatic heterocycles. The molecular weight excluding hydrogens is 550 g/mol. The summed E-state index contributed by atoms with van der Waals surface area (Å²) in [5.41, 5.74) is 6.54. The van der Waals surface area contributed by atoms with E-state index in [4.69, 9.17) is 38.9 Å². The van der Waals surface area contributed by atoms with Crippen LogP contribution >= 0.6 is 0 Å². The summed E-state index contributed by atoms with van der Waals surface area (Å²) < 4.78 is 36.1. The van der Waals surface area contributed by atoms with Crippen LogP contribution in [-0.2, 0) is 34.9 Å². The molecule has 0 radical (unpaired) electrons. The zero-order valence-corrected chi connectivity index (χ0v) is 25.7. The van der Waals surface area contributed by atoms with Crippen LogP contribution in [0.5, 0.6) is 11.5 Å². The zero-order chi connectivity index (χ0) is 31.5. The molecule has 2 N–H and O–H groups in total. The molecule has 12 nitrogen and oxygen atoms in total. The van der Waals surface area contributed by atoms with Gasteiger partial charge in [0.25, 0.3) is 0 Å². The first-order chi connectivity index (χ1) is 20.0. The van der Waals surface area contributed by atoms with Crippen molar-refractivity contribution in [3.63, 3.8) is 0 Å². The lowest BCUT2D eigenvalue weighted by atomic mass is 10.1. The minimum absolute atomic E-state index is 0.00288. The van der Waals surface area contributed by atoms with Crippen LogP contribution in [0.15, 0.2) is 18.2 Å². The number of carbonyl (C=O) groups is 4. The molecule has 1 rings (SSSR count). The molecule has 0 heterocycles. The summed E-state index contributed by atoms with van der Waals surface area (Å²) in [7, 11) is 0. The lowest BCUT2D eigenvalue weighted by Gasteiger charge is -2.18. The Kier molecular flexibility index (Phi) is 17.7. The van der Waals surface area contributed by atoms with Gasteiger partial charge in [-0.3, -0.25) is 4.79 Å². The topological polar surface area (TPSA) is 159 Å². The van der Waals surface area contributed by atoms with Crippen molar-refractivity contribution in [2.24, 2.45) is 17.6 Å². The lowest BCUT2D eigenvalue weighted by molar-refractivity contribution is -0.152. The maximum absolute atomic E-state index is 12.5. The van der Waals surface area contributed by atoms with Crippen molar-refractivity contribution in [2.45, 2.75) is 92.2 Å². The molecule has 1 aromatic carbocycles. The molecule has 42 heavy (non-hydrogen) atoms. The van der Waals surface area contributed by atoms with E-state index in [1.54, 1.807) is 13.0 Å². The van der Waals surface area contributed by atoms with Gasteiger partial charge in [0.1, 0.15) is 18.8 Å². The smallest absolute Gasteiger partial charge is 0.458 e. The highest BCUT2D eigenvalue weighted by molar-refractivity contribution is 5.76. The number of ether oxygens (including phenoxy) is 7. The van der Waals surface area contributed by atoms with Gasteiger partial charge < -0.3 is 38.9 Å². The Balaban J connectivity index is 2.81. The van der Waals surface area contributed by atoms with E-state index in [-0.39, 0.29) is 56.2 Å². The first-order valence-electron chi connectivity index (χ1n) is 14.6. The van der Waals surface area contributed by atoms with Crippen molar-refractivity contribution in [1.29, 1.82) is 0 Å². The van der Waals surface area contributed by atoms with Crippen LogP contribution in [0.25, 0.3) is 0 Å². The summed E-state index contributed by atoms with van der Waals surface area (Å²) in [5.74, 6) is -0.639. The summed E-state index contributed by atoms with van der Waals surface area (Å²) in [6.07, 6.45) is 0.775. The fourth-order valence-corrected chi connectivity index (χ4v) is 3.13. The van der Waals surface area contributed by atoms with Gasteiger partial charge in [-0.25, -0.2) is 14.4 Å². The van der Waals surface area contributed by atoms with E-state index in [9.17, 15) is 19.2 Å². The van der Waals surface area contributed by atoms with Crippen molar-refractivity contribution in [1.82, 2.24) is 0 Å². The molecule has 0 fully saturated rings. The van der Waals surface area contributed by atoms with Crippen molar-refractivity contribution >= 4 is 24.4 Å². The Bertz CT molecular complexity index is 984. The number of hydrogen-bond donors (Lipinski definition) is 1. The largest absolute Gasteiger partial charge is 0.513 e. The van der Waals surface area contributed by atoms with Crippen LogP contribution in [-0.4, -0.2) is 63.0 Å². The molecular formula is C30H47NO11. The average Bonchev–Trinajstić information content (AvgIpc) is 2.96. The van der Waals surface area contributed by atoms with Crippen LogP contribution in [0, 0.1) is 11.8 Å². The van der Waals surface area contributed by atoms with Crippen LogP contribution in [0.4, 0.5) is 14.4 Å². The molecule has 0 aliphatic carbocycles. The fourth-order valence-electron chi connectivity index (χ4n) is 3.13. The predicted molar refractivity (Wildman–Crippen MR) is 153 cm³/mol. The third kappa shape index (κ3) is 15.5. The highest BCUT2D eigenvalue weighted by Crippen LogP contribution is 2.30. The highest BCUT2D eigenvalue weighted by atomic mass is 16.7. The minimum Gasteiger partial charge on any atom is -0.458 e. The number of benzene rings is 1. The van der Waals surface area contributed by atoms with E-state index in [0.29, 0.717) is 5.56 Å². The summed E-state index contributed by atoms with van der Waals surface area (Å²) in [6, 6.07) is 3.28. The van der Waals surface area contributed by atoms with Gasteiger partial charge in [-0.05, 0) is 49.3 Å². The van der Waals surface area contributed by atoms with Gasteiger partial charge >= 0.3 is 24.4 Å². The Hall–Kier alpha value is -3.54. The second-order valence-electron chi connectivity index (χ2n) is 10.3. The van der Waals surface area contributed by atoms with E-state index in [2.05, 4.69) is 0 Å². The molecule has 0 saturated carbocycles. The van der Waals surface area contributed by atoms with Crippen LogP contribution < -0.4 is 15.2 Å². The number of esters is 1. The van der Waals surface area contributed by atoms with Crippen molar-refractivity contribution in [3.05, 3.63) is 23.8 Å². The molecule has 0 bridgehead atoms. The Morgan fingerprint density at radius 2 is 1.31 bits per heavy atom. The third-order valence-corrected chi connectivity index (χ3v) is 6.24. The lowest BCUT2D eigenvalue weighted by Crippen LogP contribution is -2.37.